The fourth-order valence-corrected chi connectivity index (χ4v) is 2.34. The molecule has 3 aromatic rings. The second-order valence-electron chi connectivity index (χ2n) is 5.09. The first-order valence-electron chi connectivity index (χ1n) is 6.96. The molecule has 0 unspecified atom stereocenters. The average Bonchev–Trinajstić information content (AvgIpc) is 2.88. The fraction of sp³-hybridized carbons (Fsp3) is 0.167. The Morgan fingerprint density at radius 2 is 1.50 bits per heavy atom. The molecule has 0 fully saturated rings. The van der Waals surface area contributed by atoms with Crippen LogP contribution >= 0.6 is 0 Å². The highest BCUT2D eigenvalue weighted by atomic mass is 15.3. The van der Waals surface area contributed by atoms with Crippen LogP contribution in [0.3, 0.4) is 0 Å². The number of aromatic nitrogens is 1. The van der Waals surface area contributed by atoms with E-state index < -0.39 is 0 Å². The quantitative estimate of drug-likeness (QED) is 0.616. The molecule has 0 atom stereocenters. The van der Waals surface area contributed by atoms with Crippen LogP contribution in [-0.4, -0.2) is 10.4 Å². The molecule has 2 heteroatoms. The van der Waals surface area contributed by atoms with Gasteiger partial charge in [-0.15, -0.1) is 0 Å². The minimum atomic E-state index is 0.985. The first-order valence-corrected chi connectivity index (χ1v) is 6.96. The van der Waals surface area contributed by atoms with Gasteiger partial charge in [0.25, 0.3) is 0 Å². The van der Waals surface area contributed by atoms with Gasteiger partial charge in [0.2, 0.25) is 0 Å². The Labute approximate surface area is 119 Å². The number of rotatable bonds is 4. The number of hydrogen-bond acceptors (Lipinski definition) is 1. The molecule has 1 heterocycles. The average molecular weight is 262 g/mol. The van der Waals surface area contributed by atoms with Gasteiger partial charge in [-0.2, -0.15) is 5.10 Å². The van der Waals surface area contributed by atoms with E-state index in [1.807, 2.05) is 4.68 Å². The lowest BCUT2D eigenvalue weighted by molar-refractivity contribution is 0.872. The van der Waals surface area contributed by atoms with E-state index in [1.165, 1.54) is 16.3 Å². The molecular weight excluding hydrogens is 244 g/mol. The van der Waals surface area contributed by atoms with Crippen molar-refractivity contribution in [2.45, 2.75) is 19.8 Å². The summed E-state index contributed by atoms with van der Waals surface area (Å²) in [6.07, 6.45) is 6.16. The Hall–Kier alpha value is -2.35. The van der Waals surface area contributed by atoms with E-state index in [9.17, 15) is 0 Å². The van der Waals surface area contributed by atoms with Crippen LogP contribution in [0.1, 0.15) is 18.9 Å². The van der Waals surface area contributed by atoms with Gasteiger partial charge < -0.3 is 0 Å². The van der Waals surface area contributed by atoms with Gasteiger partial charge in [-0.3, -0.25) is 0 Å². The van der Waals surface area contributed by atoms with Crippen LogP contribution in [0.15, 0.2) is 72.1 Å². The van der Waals surface area contributed by atoms with Crippen molar-refractivity contribution >= 4 is 16.5 Å². The molecular formula is C18H18N2. The molecule has 100 valence electrons. The van der Waals surface area contributed by atoms with Gasteiger partial charge in [0.1, 0.15) is 0 Å². The predicted molar refractivity (Wildman–Crippen MR) is 85.2 cm³/mol. The maximum Gasteiger partial charge on any atom is 0.0363 e. The summed E-state index contributed by atoms with van der Waals surface area (Å²) in [5.41, 5.74) is 2.51. The molecule has 1 aromatic heterocycles. The number of nitrogens with zero attached hydrogens (tertiary/aromatic N) is 2. The van der Waals surface area contributed by atoms with E-state index in [-0.39, 0.29) is 0 Å². The van der Waals surface area contributed by atoms with Gasteiger partial charge in [-0.05, 0) is 25.3 Å². The van der Waals surface area contributed by atoms with Crippen LogP contribution in [-0.2, 0) is 6.42 Å². The van der Waals surface area contributed by atoms with Crippen molar-refractivity contribution in [1.29, 1.82) is 0 Å². The highest BCUT2D eigenvalue weighted by molar-refractivity contribution is 5.84. The summed E-state index contributed by atoms with van der Waals surface area (Å²) in [5.74, 6) is 0. The summed E-state index contributed by atoms with van der Waals surface area (Å²) in [4.78, 5) is 0. The molecule has 0 bridgehead atoms. The van der Waals surface area contributed by atoms with Crippen LogP contribution in [0.25, 0.3) is 10.8 Å². The standard InChI is InChI=1S/C18H18N2/c1-15(11-12-16-7-3-2-4-8-16)19-20-13-17-9-5-6-10-18(17)14-20/h2-10,13-14H,11-12H2,1H3. The summed E-state index contributed by atoms with van der Waals surface area (Å²) in [7, 11) is 0. The van der Waals surface area contributed by atoms with Gasteiger partial charge in [0.05, 0.1) is 0 Å². The molecule has 0 aliphatic rings. The first kappa shape index (κ1) is 12.7. The van der Waals surface area contributed by atoms with Gasteiger partial charge in [0.15, 0.2) is 0 Å². The normalized spacial score (nSPS) is 11.9. The maximum atomic E-state index is 4.64. The molecule has 0 radical (unpaired) electrons. The van der Waals surface area contributed by atoms with Crippen molar-refractivity contribution in [2.75, 3.05) is 0 Å². The van der Waals surface area contributed by atoms with E-state index in [2.05, 4.69) is 79.0 Å². The van der Waals surface area contributed by atoms with Crippen molar-refractivity contribution < 1.29 is 0 Å². The van der Waals surface area contributed by atoms with Crippen molar-refractivity contribution in [3.05, 3.63) is 72.6 Å². The summed E-state index contributed by atoms with van der Waals surface area (Å²) >= 11 is 0. The first-order chi connectivity index (χ1) is 9.81. The number of benzene rings is 2. The molecule has 0 aliphatic heterocycles. The van der Waals surface area contributed by atoms with Gasteiger partial charge in [0, 0.05) is 28.9 Å². The van der Waals surface area contributed by atoms with Gasteiger partial charge >= 0.3 is 0 Å². The zero-order chi connectivity index (χ0) is 13.8. The van der Waals surface area contributed by atoms with E-state index >= 15 is 0 Å². The lowest BCUT2D eigenvalue weighted by atomic mass is 10.1. The maximum absolute atomic E-state index is 4.64. The molecule has 0 spiro atoms. The molecule has 0 saturated carbocycles. The van der Waals surface area contributed by atoms with Crippen LogP contribution in [0.2, 0.25) is 0 Å². The second kappa shape index (κ2) is 5.74. The smallest absolute Gasteiger partial charge is 0.0363 e. The van der Waals surface area contributed by atoms with Crippen LogP contribution < -0.4 is 0 Å². The molecule has 0 amide bonds. The molecule has 0 aliphatic carbocycles. The van der Waals surface area contributed by atoms with Gasteiger partial charge in [-0.25, -0.2) is 4.68 Å². The van der Waals surface area contributed by atoms with Crippen LogP contribution in [0.5, 0.6) is 0 Å². The van der Waals surface area contributed by atoms with Crippen LogP contribution in [0, 0.1) is 0 Å². The Kier molecular flexibility index (Phi) is 3.64. The zero-order valence-electron chi connectivity index (χ0n) is 11.7. The van der Waals surface area contributed by atoms with E-state index in [1.54, 1.807) is 0 Å². The molecule has 3 rings (SSSR count). The van der Waals surface area contributed by atoms with Crippen molar-refractivity contribution in [3.63, 3.8) is 0 Å². The minimum Gasteiger partial charge on any atom is -0.247 e. The Morgan fingerprint density at radius 3 is 2.15 bits per heavy atom. The molecule has 0 saturated heterocycles. The lowest BCUT2D eigenvalue weighted by Gasteiger charge is -2.01. The van der Waals surface area contributed by atoms with Crippen molar-refractivity contribution in [2.24, 2.45) is 5.10 Å². The summed E-state index contributed by atoms with van der Waals surface area (Å²) < 4.78 is 1.92. The third-order valence-electron chi connectivity index (χ3n) is 3.44. The van der Waals surface area contributed by atoms with E-state index in [0.29, 0.717) is 0 Å². The Morgan fingerprint density at radius 1 is 0.900 bits per heavy atom. The summed E-state index contributed by atoms with van der Waals surface area (Å²) in [6, 6.07) is 18.9. The van der Waals surface area contributed by atoms with Crippen molar-refractivity contribution in [1.82, 2.24) is 4.68 Å². The molecule has 2 nitrogen and oxygen atoms in total. The number of fused-ring (bicyclic) bond motifs is 1. The lowest BCUT2D eigenvalue weighted by Crippen LogP contribution is -1.98. The summed E-state index contributed by atoms with van der Waals surface area (Å²) in [5, 5.41) is 7.10. The third-order valence-corrected chi connectivity index (χ3v) is 3.44. The van der Waals surface area contributed by atoms with E-state index in [0.717, 1.165) is 18.6 Å². The predicted octanol–water partition coefficient (Wildman–Crippen LogP) is 4.50. The van der Waals surface area contributed by atoms with Crippen LogP contribution in [0.4, 0.5) is 0 Å². The Bertz CT molecular complexity index is 690. The Balaban J connectivity index is 1.71. The number of aryl methyl sites for hydroxylation is 1. The minimum absolute atomic E-state index is 0.985. The molecule has 2 aromatic carbocycles. The van der Waals surface area contributed by atoms with E-state index in [4.69, 9.17) is 0 Å². The largest absolute Gasteiger partial charge is 0.247 e. The molecule has 20 heavy (non-hydrogen) atoms. The molecule has 0 N–H and O–H groups in total. The highest BCUT2D eigenvalue weighted by Crippen LogP contribution is 2.14. The monoisotopic (exact) mass is 262 g/mol. The van der Waals surface area contributed by atoms with Crippen molar-refractivity contribution in [3.8, 4) is 0 Å². The fourth-order valence-electron chi connectivity index (χ4n) is 2.34. The second-order valence-corrected chi connectivity index (χ2v) is 5.09. The SMILES string of the molecule is CC(CCc1ccccc1)=Nn1cc2ccccc2c1. The third kappa shape index (κ3) is 2.97. The highest BCUT2D eigenvalue weighted by Gasteiger charge is 1.98. The van der Waals surface area contributed by atoms with Gasteiger partial charge in [-0.1, -0.05) is 54.6 Å². The zero-order valence-corrected chi connectivity index (χ0v) is 11.7. The summed E-state index contributed by atoms with van der Waals surface area (Å²) in [6.45, 7) is 2.09. The topological polar surface area (TPSA) is 17.3 Å². The number of hydrogen-bond donors (Lipinski definition) is 0.